The second kappa shape index (κ2) is 7.44. The fourth-order valence-electron chi connectivity index (χ4n) is 1.86. The van der Waals surface area contributed by atoms with Crippen molar-refractivity contribution in [2.24, 2.45) is 5.92 Å². The summed E-state index contributed by atoms with van der Waals surface area (Å²) in [7, 11) is 0. The standard InChI is InChI=1S/C15H24FN/c1-12(2)6-4-5-9-17-11-14-10-15(16)8-7-13(14)3/h7-8,10,12,17H,4-6,9,11H2,1-3H3. The summed E-state index contributed by atoms with van der Waals surface area (Å²) in [6, 6.07) is 4.98. The minimum Gasteiger partial charge on any atom is -0.313 e. The normalized spacial score (nSPS) is 11.1. The minimum atomic E-state index is -0.146. The molecule has 1 nitrogen and oxygen atoms in total. The Balaban J connectivity index is 2.20. The Labute approximate surface area is 104 Å². The van der Waals surface area contributed by atoms with Gasteiger partial charge in [-0.3, -0.25) is 0 Å². The average Bonchev–Trinajstić information content (AvgIpc) is 2.27. The molecule has 1 aromatic rings. The summed E-state index contributed by atoms with van der Waals surface area (Å²) in [5.41, 5.74) is 2.22. The largest absolute Gasteiger partial charge is 0.313 e. The van der Waals surface area contributed by atoms with E-state index in [1.54, 1.807) is 6.07 Å². The Morgan fingerprint density at radius 3 is 2.71 bits per heavy atom. The predicted molar refractivity (Wildman–Crippen MR) is 71.5 cm³/mol. The molecule has 1 aromatic carbocycles. The van der Waals surface area contributed by atoms with Crippen molar-refractivity contribution < 1.29 is 4.39 Å². The molecule has 1 N–H and O–H groups in total. The summed E-state index contributed by atoms with van der Waals surface area (Å²) < 4.78 is 13.0. The van der Waals surface area contributed by atoms with E-state index in [0.717, 1.165) is 30.1 Å². The molecule has 0 saturated carbocycles. The first-order valence-corrected chi connectivity index (χ1v) is 6.55. The third kappa shape index (κ3) is 5.83. The lowest BCUT2D eigenvalue weighted by Gasteiger charge is -2.08. The third-order valence-electron chi connectivity index (χ3n) is 3.01. The summed E-state index contributed by atoms with van der Waals surface area (Å²) in [6.45, 7) is 8.32. The number of rotatable bonds is 7. The maximum Gasteiger partial charge on any atom is 0.123 e. The molecule has 96 valence electrons. The van der Waals surface area contributed by atoms with E-state index < -0.39 is 0 Å². The summed E-state index contributed by atoms with van der Waals surface area (Å²) >= 11 is 0. The highest BCUT2D eigenvalue weighted by molar-refractivity contribution is 5.26. The van der Waals surface area contributed by atoms with Crippen molar-refractivity contribution in [2.45, 2.75) is 46.6 Å². The van der Waals surface area contributed by atoms with Gasteiger partial charge in [0.2, 0.25) is 0 Å². The number of hydrogen-bond donors (Lipinski definition) is 1. The van der Waals surface area contributed by atoms with Crippen LogP contribution in [-0.2, 0) is 6.54 Å². The fraction of sp³-hybridized carbons (Fsp3) is 0.600. The zero-order valence-electron chi connectivity index (χ0n) is 11.2. The van der Waals surface area contributed by atoms with Crippen LogP contribution in [0.3, 0.4) is 0 Å². The van der Waals surface area contributed by atoms with Gasteiger partial charge in [-0.2, -0.15) is 0 Å². The SMILES string of the molecule is Cc1ccc(F)cc1CNCCCCC(C)C. The van der Waals surface area contributed by atoms with Gasteiger partial charge in [0.15, 0.2) is 0 Å². The lowest BCUT2D eigenvalue weighted by molar-refractivity contribution is 0.520. The Kier molecular flexibility index (Phi) is 6.20. The van der Waals surface area contributed by atoms with Crippen LogP contribution in [0.15, 0.2) is 18.2 Å². The van der Waals surface area contributed by atoms with Crippen molar-refractivity contribution in [3.05, 3.63) is 35.1 Å². The summed E-state index contributed by atoms with van der Waals surface area (Å²) in [5, 5.41) is 3.38. The van der Waals surface area contributed by atoms with Gasteiger partial charge in [0, 0.05) is 6.54 Å². The zero-order chi connectivity index (χ0) is 12.7. The summed E-state index contributed by atoms with van der Waals surface area (Å²) in [4.78, 5) is 0. The first-order valence-electron chi connectivity index (χ1n) is 6.55. The van der Waals surface area contributed by atoms with Gasteiger partial charge in [0.1, 0.15) is 5.82 Å². The van der Waals surface area contributed by atoms with Gasteiger partial charge in [-0.15, -0.1) is 0 Å². The van der Waals surface area contributed by atoms with Crippen LogP contribution in [0.5, 0.6) is 0 Å². The highest BCUT2D eigenvalue weighted by Crippen LogP contribution is 2.10. The number of unbranched alkanes of at least 4 members (excludes halogenated alkanes) is 1. The van der Waals surface area contributed by atoms with E-state index in [0.29, 0.717) is 0 Å². The molecule has 0 unspecified atom stereocenters. The van der Waals surface area contributed by atoms with Crippen LogP contribution in [0.25, 0.3) is 0 Å². The molecule has 0 radical (unpaired) electrons. The van der Waals surface area contributed by atoms with Crippen LogP contribution < -0.4 is 5.32 Å². The zero-order valence-corrected chi connectivity index (χ0v) is 11.2. The molecule has 0 heterocycles. The maximum atomic E-state index is 13.0. The smallest absolute Gasteiger partial charge is 0.123 e. The van der Waals surface area contributed by atoms with Gasteiger partial charge in [-0.05, 0) is 49.1 Å². The molecule has 2 heteroatoms. The van der Waals surface area contributed by atoms with Crippen molar-refractivity contribution in [1.29, 1.82) is 0 Å². The number of hydrogen-bond acceptors (Lipinski definition) is 1. The summed E-state index contributed by atoms with van der Waals surface area (Å²) in [6.07, 6.45) is 3.76. The van der Waals surface area contributed by atoms with Crippen LogP contribution in [-0.4, -0.2) is 6.54 Å². The number of aryl methyl sites for hydroxylation is 1. The van der Waals surface area contributed by atoms with Crippen LogP contribution in [0, 0.1) is 18.7 Å². The lowest BCUT2D eigenvalue weighted by atomic mass is 10.1. The number of benzene rings is 1. The molecule has 0 aliphatic rings. The summed E-state index contributed by atoms with van der Waals surface area (Å²) in [5.74, 6) is 0.646. The molecule has 1 rings (SSSR count). The van der Waals surface area contributed by atoms with Gasteiger partial charge >= 0.3 is 0 Å². The average molecular weight is 237 g/mol. The third-order valence-corrected chi connectivity index (χ3v) is 3.01. The fourth-order valence-corrected chi connectivity index (χ4v) is 1.86. The second-order valence-electron chi connectivity index (χ2n) is 5.14. The second-order valence-corrected chi connectivity index (χ2v) is 5.14. The molecule has 0 aromatic heterocycles. The van der Waals surface area contributed by atoms with Gasteiger partial charge in [0.05, 0.1) is 0 Å². The Hall–Kier alpha value is -0.890. The monoisotopic (exact) mass is 237 g/mol. The molecule has 0 spiro atoms. The van der Waals surface area contributed by atoms with E-state index in [9.17, 15) is 4.39 Å². The molecule has 0 amide bonds. The van der Waals surface area contributed by atoms with Gasteiger partial charge < -0.3 is 5.32 Å². The van der Waals surface area contributed by atoms with E-state index in [4.69, 9.17) is 0 Å². The lowest BCUT2D eigenvalue weighted by Crippen LogP contribution is -2.15. The molecule has 0 fully saturated rings. The van der Waals surface area contributed by atoms with Crippen molar-refractivity contribution >= 4 is 0 Å². The Morgan fingerprint density at radius 2 is 2.00 bits per heavy atom. The Bertz CT molecular complexity index is 334. The van der Waals surface area contributed by atoms with Crippen molar-refractivity contribution in [3.8, 4) is 0 Å². The molecule has 0 aliphatic heterocycles. The van der Waals surface area contributed by atoms with Crippen LogP contribution >= 0.6 is 0 Å². The quantitative estimate of drug-likeness (QED) is 0.705. The molecule has 0 bridgehead atoms. The van der Waals surface area contributed by atoms with Crippen molar-refractivity contribution in [3.63, 3.8) is 0 Å². The molecule has 0 aliphatic carbocycles. The first kappa shape index (κ1) is 14.2. The van der Waals surface area contributed by atoms with E-state index in [2.05, 4.69) is 19.2 Å². The first-order chi connectivity index (χ1) is 8.09. The predicted octanol–water partition coefficient (Wildman–Crippen LogP) is 4.05. The van der Waals surface area contributed by atoms with Gasteiger partial charge in [-0.25, -0.2) is 4.39 Å². The molecular formula is C15H24FN. The topological polar surface area (TPSA) is 12.0 Å². The van der Waals surface area contributed by atoms with Crippen molar-refractivity contribution in [1.82, 2.24) is 5.32 Å². The number of halogens is 1. The maximum absolute atomic E-state index is 13.0. The van der Waals surface area contributed by atoms with E-state index >= 15 is 0 Å². The molecule has 17 heavy (non-hydrogen) atoms. The van der Waals surface area contributed by atoms with E-state index in [1.165, 1.54) is 25.3 Å². The van der Waals surface area contributed by atoms with Crippen LogP contribution in [0.1, 0.15) is 44.2 Å². The van der Waals surface area contributed by atoms with E-state index in [1.807, 2.05) is 13.0 Å². The molecular weight excluding hydrogens is 213 g/mol. The highest BCUT2D eigenvalue weighted by Gasteiger charge is 2.00. The van der Waals surface area contributed by atoms with Gasteiger partial charge in [0.25, 0.3) is 0 Å². The molecule has 0 atom stereocenters. The van der Waals surface area contributed by atoms with Crippen LogP contribution in [0.2, 0.25) is 0 Å². The number of nitrogens with one attached hydrogen (secondary N) is 1. The van der Waals surface area contributed by atoms with Crippen LogP contribution in [0.4, 0.5) is 4.39 Å². The van der Waals surface area contributed by atoms with Gasteiger partial charge in [-0.1, -0.05) is 32.8 Å². The Morgan fingerprint density at radius 1 is 1.24 bits per heavy atom. The highest BCUT2D eigenvalue weighted by atomic mass is 19.1. The minimum absolute atomic E-state index is 0.146. The van der Waals surface area contributed by atoms with E-state index in [-0.39, 0.29) is 5.82 Å². The molecule has 0 saturated heterocycles. The van der Waals surface area contributed by atoms with Crippen molar-refractivity contribution in [2.75, 3.05) is 6.54 Å².